The Bertz CT molecular complexity index is 372. The zero-order chi connectivity index (χ0) is 12.3. The third-order valence-electron chi connectivity index (χ3n) is 2.33. The number of amides is 1. The first-order chi connectivity index (χ1) is 7.45. The van der Waals surface area contributed by atoms with Crippen molar-refractivity contribution in [3.63, 3.8) is 0 Å². The van der Waals surface area contributed by atoms with Crippen molar-refractivity contribution < 1.29 is 4.79 Å². The van der Waals surface area contributed by atoms with Gasteiger partial charge >= 0.3 is 0 Å². The SMILES string of the molecule is CCN(C(=O)c1cc(Cl)cc(Br)c1)C(C)C. The summed E-state index contributed by atoms with van der Waals surface area (Å²) in [5, 5.41) is 0.567. The van der Waals surface area contributed by atoms with Crippen molar-refractivity contribution in [3.05, 3.63) is 33.3 Å². The molecule has 4 heteroatoms. The second-order valence-corrected chi connectivity index (χ2v) is 5.20. The first-order valence-corrected chi connectivity index (χ1v) is 6.39. The summed E-state index contributed by atoms with van der Waals surface area (Å²) in [5.41, 5.74) is 0.620. The minimum Gasteiger partial charge on any atom is -0.337 e. The second kappa shape index (κ2) is 5.69. The first kappa shape index (κ1) is 13.5. The van der Waals surface area contributed by atoms with E-state index >= 15 is 0 Å². The second-order valence-electron chi connectivity index (χ2n) is 3.84. The molecule has 0 aromatic heterocycles. The summed E-state index contributed by atoms with van der Waals surface area (Å²) >= 11 is 9.26. The molecular weight excluding hydrogens is 289 g/mol. The molecule has 0 saturated heterocycles. The maximum Gasteiger partial charge on any atom is 0.254 e. The van der Waals surface area contributed by atoms with Gasteiger partial charge in [0.15, 0.2) is 0 Å². The molecule has 0 saturated carbocycles. The minimum atomic E-state index is 0.0145. The van der Waals surface area contributed by atoms with Gasteiger partial charge in [0.1, 0.15) is 0 Å². The highest BCUT2D eigenvalue weighted by Gasteiger charge is 2.17. The number of nitrogens with zero attached hydrogens (tertiary/aromatic N) is 1. The molecule has 88 valence electrons. The lowest BCUT2D eigenvalue weighted by atomic mass is 10.1. The Hall–Kier alpha value is -0.540. The highest BCUT2D eigenvalue weighted by Crippen LogP contribution is 2.21. The maximum atomic E-state index is 12.2. The average Bonchev–Trinajstić information content (AvgIpc) is 2.16. The largest absolute Gasteiger partial charge is 0.337 e. The van der Waals surface area contributed by atoms with Crippen LogP contribution in [0.25, 0.3) is 0 Å². The molecule has 0 aliphatic heterocycles. The van der Waals surface area contributed by atoms with E-state index in [1.807, 2.05) is 20.8 Å². The van der Waals surface area contributed by atoms with Gasteiger partial charge in [-0.2, -0.15) is 0 Å². The van der Waals surface area contributed by atoms with Crippen LogP contribution in [-0.2, 0) is 0 Å². The van der Waals surface area contributed by atoms with Crippen molar-refractivity contribution in [3.8, 4) is 0 Å². The van der Waals surface area contributed by atoms with Gasteiger partial charge in [-0.05, 0) is 39.0 Å². The molecule has 1 amide bonds. The minimum absolute atomic E-state index is 0.0145. The van der Waals surface area contributed by atoms with E-state index in [2.05, 4.69) is 15.9 Å². The van der Waals surface area contributed by atoms with Crippen molar-refractivity contribution >= 4 is 33.4 Å². The Kier molecular flexibility index (Phi) is 4.81. The molecule has 0 heterocycles. The van der Waals surface area contributed by atoms with Crippen molar-refractivity contribution in [1.82, 2.24) is 4.90 Å². The number of carbonyl (C=O) groups is 1. The first-order valence-electron chi connectivity index (χ1n) is 5.22. The third-order valence-corrected chi connectivity index (χ3v) is 3.01. The van der Waals surface area contributed by atoms with Crippen LogP contribution in [0.1, 0.15) is 31.1 Å². The van der Waals surface area contributed by atoms with Crippen LogP contribution >= 0.6 is 27.5 Å². The monoisotopic (exact) mass is 303 g/mol. The van der Waals surface area contributed by atoms with Crippen molar-refractivity contribution in [2.75, 3.05) is 6.54 Å². The summed E-state index contributed by atoms with van der Waals surface area (Å²) in [7, 11) is 0. The van der Waals surface area contributed by atoms with E-state index in [-0.39, 0.29) is 11.9 Å². The lowest BCUT2D eigenvalue weighted by Crippen LogP contribution is -2.36. The Balaban J connectivity index is 3.03. The predicted octanol–water partition coefficient (Wildman–Crippen LogP) is 3.97. The Morgan fingerprint density at radius 1 is 1.44 bits per heavy atom. The molecule has 16 heavy (non-hydrogen) atoms. The van der Waals surface area contributed by atoms with Gasteiger partial charge in [-0.3, -0.25) is 4.79 Å². The van der Waals surface area contributed by atoms with Gasteiger partial charge in [-0.25, -0.2) is 0 Å². The summed E-state index contributed by atoms with van der Waals surface area (Å²) < 4.78 is 0.822. The van der Waals surface area contributed by atoms with E-state index < -0.39 is 0 Å². The molecule has 0 unspecified atom stereocenters. The fourth-order valence-electron chi connectivity index (χ4n) is 1.59. The van der Waals surface area contributed by atoms with Crippen molar-refractivity contribution in [1.29, 1.82) is 0 Å². The number of rotatable bonds is 3. The van der Waals surface area contributed by atoms with Gasteiger partial charge in [0, 0.05) is 27.6 Å². The van der Waals surface area contributed by atoms with Gasteiger partial charge in [0.25, 0.3) is 5.91 Å². The fourth-order valence-corrected chi connectivity index (χ4v) is 2.45. The van der Waals surface area contributed by atoms with Gasteiger partial charge in [-0.15, -0.1) is 0 Å². The topological polar surface area (TPSA) is 20.3 Å². The van der Waals surface area contributed by atoms with Gasteiger partial charge in [-0.1, -0.05) is 27.5 Å². The van der Waals surface area contributed by atoms with Crippen LogP contribution < -0.4 is 0 Å². The van der Waals surface area contributed by atoms with Crippen LogP contribution in [0, 0.1) is 0 Å². The fraction of sp³-hybridized carbons (Fsp3) is 0.417. The molecule has 0 radical (unpaired) electrons. The Morgan fingerprint density at radius 2 is 2.06 bits per heavy atom. The van der Waals surface area contributed by atoms with E-state index in [9.17, 15) is 4.79 Å². The smallest absolute Gasteiger partial charge is 0.254 e. The summed E-state index contributed by atoms with van der Waals surface area (Å²) in [5.74, 6) is 0.0145. The molecule has 0 aliphatic carbocycles. The number of hydrogen-bond donors (Lipinski definition) is 0. The average molecular weight is 305 g/mol. The van der Waals surface area contributed by atoms with Crippen LogP contribution in [0.2, 0.25) is 5.02 Å². The summed E-state index contributed by atoms with van der Waals surface area (Å²) in [4.78, 5) is 14.0. The number of benzene rings is 1. The van der Waals surface area contributed by atoms with E-state index in [4.69, 9.17) is 11.6 Å². The van der Waals surface area contributed by atoms with Gasteiger partial charge < -0.3 is 4.90 Å². The highest BCUT2D eigenvalue weighted by molar-refractivity contribution is 9.10. The molecular formula is C12H15BrClNO. The van der Waals surface area contributed by atoms with Gasteiger partial charge in [0.2, 0.25) is 0 Å². The highest BCUT2D eigenvalue weighted by atomic mass is 79.9. The molecule has 2 nitrogen and oxygen atoms in total. The lowest BCUT2D eigenvalue weighted by molar-refractivity contribution is 0.0717. The Morgan fingerprint density at radius 3 is 2.50 bits per heavy atom. The molecule has 1 aromatic rings. The standard InChI is InChI=1S/C12H15BrClNO/c1-4-15(8(2)3)12(16)9-5-10(13)7-11(14)6-9/h5-8H,4H2,1-3H3. The number of hydrogen-bond acceptors (Lipinski definition) is 1. The quantitative estimate of drug-likeness (QED) is 0.827. The number of halogens is 2. The molecule has 0 aliphatic rings. The Labute approximate surface area is 110 Å². The summed E-state index contributed by atoms with van der Waals surface area (Å²) in [6, 6.07) is 5.44. The molecule has 0 N–H and O–H groups in total. The molecule has 0 bridgehead atoms. The number of carbonyl (C=O) groups excluding carboxylic acids is 1. The summed E-state index contributed by atoms with van der Waals surface area (Å²) in [6.07, 6.45) is 0. The predicted molar refractivity (Wildman–Crippen MR) is 71.0 cm³/mol. The van der Waals surface area contributed by atoms with E-state index in [1.54, 1.807) is 23.1 Å². The zero-order valence-corrected chi connectivity index (χ0v) is 12.0. The molecule has 1 rings (SSSR count). The van der Waals surface area contributed by atoms with Crippen LogP contribution in [0.5, 0.6) is 0 Å². The van der Waals surface area contributed by atoms with Crippen LogP contribution in [0.4, 0.5) is 0 Å². The van der Waals surface area contributed by atoms with Crippen molar-refractivity contribution in [2.24, 2.45) is 0 Å². The molecule has 1 aromatic carbocycles. The normalized spacial score (nSPS) is 10.6. The van der Waals surface area contributed by atoms with E-state index in [1.165, 1.54) is 0 Å². The van der Waals surface area contributed by atoms with Gasteiger partial charge in [0.05, 0.1) is 0 Å². The summed E-state index contributed by atoms with van der Waals surface area (Å²) in [6.45, 7) is 6.67. The van der Waals surface area contributed by atoms with Crippen molar-refractivity contribution in [2.45, 2.75) is 26.8 Å². The lowest BCUT2D eigenvalue weighted by Gasteiger charge is -2.25. The zero-order valence-electron chi connectivity index (χ0n) is 9.63. The maximum absolute atomic E-state index is 12.2. The van der Waals surface area contributed by atoms with Crippen LogP contribution in [0.3, 0.4) is 0 Å². The molecule has 0 fully saturated rings. The molecule has 0 spiro atoms. The van der Waals surface area contributed by atoms with Crippen LogP contribution in [0.15, 0.2) is 22.7 Å². The third kappa shape index (κ3) is 3.22. The van der Waals surface area contributed by atoms with E-state index in [0.29, 0.717) is 17.1 Å². The van der Waals surface area contributed by atoms with Crippen LogP contribution in [-0.4, -0.2) is 23.4 Å². The molecule has 0 atom stereocenters. The van der Waals surface area contributed by atoms with E-state index in [0.717, 1.165) is 4.47 Å².